The van der Waals surface area contributed by atoms with Gasteiger partial charge < -0.3 is 19.6 Å². The number of carbonyl (C=O) groups excluding carboxylic acids is 1. The second kappa shape index (κ2) is 14.4. The third-order valence-corrected chi connectivity index (χ3v) is 9.65. The molecule has 47 heavy (non-hydrogen) atoms. The number of aliphatic carboxylic acids is 1. The molecule has 1 aromatic heterocycles. The lowest BCUT2D eigenvalue weighted by Crippen LogP contribution is -2.57. The number of alkyl halides is 3. The van der Waals surface area contributed by atoms with Gasteiger partial charge >= 0.3 is 18.2 Å². The number of hydrazone groups is 1. The van der Waals surface area contributed by atoms with E-state index in [4.69, 9.17) is 4.74 Å². The number of ether oxygens (including phenoxy) is 1. The lowest BCUT2D eigenvalue weighted by Gasteiger charge is -2.47. The fourth-order valence-electron chi connectivity index (χ4n) is 7.06. The van der Waals surface area contributed by atoms with E-state index in [1.165, 1.54) is 0 Å². The smallest absolute Gasteiger partial charge is 0.416 e. The molecule has 1 saturated carbocycles. The molecule has 256 valence electrons. The van der Waals surface area contributed by atoms with Gasteiger partial charge in [0.1, 0.15) is 11.9 Å². The Hall–Kier alpha value is -3.97. The number of aromatic nitrogens is 2. The zero-order valence-corrected chi connectivity index (χ0v) is 26.9. The van der Waals surface area contributed by atoms with Crippen molar-refractivity contribution in [2.24, 2.45) is 11.0 Å². The minimum Gasteiger partial charge on any atom is -0.481 e. The molecular formula is C33H42F4N6O4. The summed E-state index contributed by atoms with van der Waals surface area (Å²) < 4.78 is 61.3. The third kappa shape index (κ3) is 8.13. The monoisotopic (exact) mass is 662 g/mol. The van der Waals surface area contributed by atoms with Crippen LogP contribution in [-0.2, 0) is 22.3 Å². The van der Waals surface area contributed by atoms with E-state index in [2.05, 4.69) is 15.1 Å². The molecule has 10 nitrogen and oxygen atoms in total. The van der Waals surface area contributed by atoms with Crippen LogP contribution < -0.4 is 4.90 Å². The predicted octanol–water partition coefficient (Wildman–Crippen LogP) is 6.46. The van der Waals surface area contributed by atoms with Crippen LogP contribution in [0.15, 0.2) is 35.7 Å². The van der Waals surface area contributed by atoms with Gasteiger partial charge in [0.15, 0.2) is 0 Å². The lowest BCUT2D eigenvalue weighted by molar-refractivity contribution is -0.143. The predicted molar refractivity (Wildman–Crippen MR) is 166 cm³/mol. The zero-order chi connectivity index (χ0) is 33.9. The first-order valence-corrected chi connectivity index (χ1v) is 16.3. The highest BCUT2D eigenvalue weighted by atomic mass is 19.4. The molecule has 1 N–H and O–H groups in total. The topological polar surface area (TPSA) is 111 Å². The maximum absolute atomic E-state index is 14.5. The van der Waals surface area contributed by atoms with Crippen molar-refractivity contribution in [3.8, 4) is 0 Å². The number of likely N-dealkylation sites (tertiary alicyclic amines) is 1. The van der Waals surface area contributed by atoms with Crippen molar-refractivity contribution in [3.05, 3.63) is 53.1 Å². The van der Waals surface area contributed by atoms with Gasteiger partial charge in [-0.25, -0.2) is 19.2 Å². The van der Waals surface area contributed by atoms with Gasteiger partial charge in [0.2, 0.25) is 5.95 Å². The van der Waals surface area contributed by atoms with Gasteiger partial charge in [-0.05, 0) is 80.7 Å². The summed E-state index contributed by atoms with van der Waals surface area (Å²) in [5.74, 6) is -1.93. The molecule has 0 radical (unpaired) electrons. The first-order valence-electron chi connectivity index (χ1n) is 16.3. The van der Waals surface area contributed by atoms with E-state index in [9.17, 15) is 32.3 Å². The average Bonchev–Trinajstić information content (AvgIpc) is 3.48. The summed E-state index contributed by atoms with van der Waals surface area (Å²) in [6, 6.07) is 1.77. The van der Waals surface area contributed by atoms with Crippen LogP contribution in [-0.4, -0.2) is 81.1 Å². The standard InChI is InChI=1S/C33H42F4N6O4/c1-4-26-13-28(14-27(5-2)43(26)32(46)47-29-8-6-21(7-9-29)30(44)45)42(18-20-10-24(33(35,36)37)12-25(34)11-20)31-38-15-22(16-39-31)23-17-40-41(3)19-23/h10-12,15-17,21,23,26-29H,4-9,13-14,18-19H2,1-3H3,(H,44,45)/t21-,23?,26-,27+,28+,29-. The molecule has 1 aliphatic carbocycles. The van der Waals surface area contributed by atoms with Crippen LogP contribution in [0.2, 0.25) is 0 Å². The van der Waals surface area contributed by atoms with Crippen molar-refractivity contribution < 1.29 is 37.0 Å². The number of anilines is 1. The number of carboxylic acid groups (broad SMARTS) is 1. The van der Waals surface area contributed by atoms with E-state index in [1.807, 2.05) is 37.0 Å². The minimum atomic E-state index is -4.71. The number of piperidine rings is 1. The first kappa shape index (κ1) is 34.4. The van der Waals surface area contributed by atoms with Crippen molar-refractivity contribution in [3.63, 3.8) is 0 Å². The minimum absolute atomic E-state index is 0.00225. The van der Waals surface area contributed by atoms with Crippen LogP contribution in [0.4, 0.5) is 28.3 Å². The maximum Gasteiger partial charge on any atom is 0.416 e. The second-order valence-electron chi connectivity index (χ2n) is 12.9. The summed E-state index contributed by atoms with van der Waals surface area (Å²) in [7, 11) is 1.86. The fraction of sp³-hybridized carbons (Fsp3) is 0.606. The van der Waals surface area contributed by atoms with E-state index >= 15 is 0 Å². The Morgan fingerprint density at radius 3 is 2.19 bits per heavy atom. The van der Waals surface area contributed by atoms with Crippen molar-refractivity contribution >= 4 is 24.2 Å². The summed E-state index contributed by atoms with van der Waals surface area (Å²) >= 11 is 0. The highest BCUT2D eigenvalue weighted by molar-refractivity contribution is 5.71. The van der Waals surface area contributed by atoms with Crippen molar-refractivity contribution in [1.29, 1.82) is 0 Å². The van der Waals surface area contributed by atoms with Crippen molar-refractivity contribution in [1.82, 2.24) is 19.9 Å². The molecule has 2 aliphatic heterocycles. The molecule has 4 atom stereocenters. The van der Waals surface area contributed by atoms with E-state index in [0.717, 1.165) is 17.7 Å². The Morgan fingerprint density at radius 2 is 1.66 bits per heavy atom. The summed E-state index contributed by atoms with van der Waals surface area (Å²) in [6.07, 6.45) is 3.75. The lowest BCUT2D eigenvalue weighted by atomic mass is 9.87. The van der Waals surface area contributed by atoms with Gasteiger partial charge in [-0.2, -0.15) is 18.3 Å². The molecule has 0 spiro atoms. The molecule has 2 aromatic rings. The highest BCUT2D eigenvalue weighted by Crippen LogP contribution is 2.36. The summed E-state index contributed by atoms with van der Waals surface area (Å²) in [5.41, 5.74) is -0.0876. The summed E-state index contributed by atoms with van der Waals surface area (Å²) in [6.45, 7) is 4.54. The molecule has 1 amide bonds. The number of carbonyl (C=O) groups is 2. The van der Waals surface area contributed by atoms with Crippen LogP contribution in [0.1, 0.15) is 87.8 Å². The fourth-order valence-corrected chi connectivity index (χ4v) is 7.06. The SMILES string of the molecule is CC[C@@H]1C[C@H](N(Cc2cc(F)cc(C(F)(F)F)c2)c2ncc(C3C=NN(C)C3)cn2)C[C@H](CC)N1C(=O)O[C@H]1CC[C@H](C(=O)O)CC1. The van der Waals surface area contributed by atoms with E-state index in [1.54, 1.807) is 17.3 Å². The number of hydrogen-bond donors (Lipinski definition) is 1. The molecular weight excluding hydrogens is 620 g/mol. The molecule has 1 aromatic carbocycles. The summed E-state index contributed by atoms with van der Waals surface area (Å²) in [5, 5.41) is 15.4. The maximum atomic E-state index is 14.5. The van der Waals surface area contributed by atoms with Crippen LogP contribution in [0.25, 0.3) is 0 Å². The van der Waals surface area contributed by atoms with Gasteiger partial charge in [0, 0.05) is 62.8 Å². The molecule has 3 heterocycles. The number of benzene rings is 1. The Balaban J connectivity index is 1.40. The van der Waals surface area contributed by atoms with Gasteiger partial charge in [0.25, 0.3) is 0 Å². The molecule has 5 rings (SSSR count). The van der Waals surface area contributed by atoms with Crippen molar-refractivity contribution in [2.45, 2.75) is 108 Å². The summed E-state index contributed by atoms with van der Waals surface area (Å²) in [4.78, 5) is 37.8. The molecule has 1 unspecified atom stereocenters. The number of carboxylic acids is 1. The number of halogens is 4. The highest BCUT2D eigenvalue weighted by Gasteiger charge is 2.42. The van der Waals surface area contributed by atoms with Gasteiger partial charge in [-0.3, -0.25) is 9.80 Å². The molecule has 3 aliphatic rings. The van der Waals surface area contributed by atoms with Crippen LogP contribution >= 0.6 is 0 Å². The first-order chi connectivity index (χ1) is 22.4. The third-order valence-electron chi connectivity index (χ3n) is 9.65. The Kier molecular flexibility index (Phi) is 10.5. The number of hydrogen-bond acceptors (Lipinski definition) is 8. The number of rotatable bonds is 9. The van der Waals surface area contributed by atoms with Crippen LogP contribution in [0.5, 0.6) is 0 Å². The van der Waals surface area contributed by atoms with E-state index in [-0.39, 0.29) is 42.3 Å². The Bertz CT molecular complexity index is 1420. The molecule has 0 bridgehead atoms. The van der Waals surface area contributed by atoms with Crippen LogP contribution in [0, 0.1) is 11.7 Å². The average molecular weight is 663 g/mol. The van der Waals surface area contributed by atoms with Crippen LogP contribution in [0.3, 0.4) is 0 Å². The largest absolute Gasteiger partial charge is 0.481 e. The van der Waals surface area contributed by atoms with Gasteiger partial charge in [-0.1, -0.05) is 13.8 Å². The van der Waals surface area contributed by atoms with Gasteiger partial charge in [0.05, 0.1) is 11.5 Å². The number of nitrogens with zero attached hydrogens (tertiary/aromatic N) is 6. The normalized spacial score (nSPS) is 26.4. The number of likely N-dealkylation sites (N-methyl/N-ethyl adjacent to an activating group) is 1. The quantitative estimate of drug-likeness (QED) is 0.305. The molecule has 1 saturated heterocycles. The molecule has 14 heteroatoms. The van der Waals surface area contributed by atoms with Crippen molar-refractivity contribution in [2.75, 3.05) is 18.5 Å². The van der Waals surface area contributed by atoms with Gasteiger partial charge in [-0.15, -0.1) is 0 Å². The zero-order valence-electron chi connectivity index (χ0n) is 26.9. The number of amides is 1. The Morgan fingerprint density at radius 1 is 1.02 bits per heavy atom. The van der Waals surface area contributed by atoms with E-state index in [0.29, 0.717) is 69.9 Å². The Labute approximate surface area is 271 Å². The molecule has 2 fully saturated rings. The van der Waals surface area contributed by atoms with E-state index < -0.39 is 35.5 Å². The second-order valence-corrected chi connectivity index (χ2v) is 12.9.